The van der Waals surface area contributed by atoms with Crippen molar-refractivity contribution in [3.05, 3.63) is 48.1 Å². The van der Waals surface area contributed by atoms with Crippen molar-refractivity contribution in [1.29, 1.82) is 0 Å². The number of aliphatic hydroxyl groups excluding tert-OH is 1. The molecule has 1 aromatic carbocycles. The molecule has 10 atom stereocenters. The molecule has 1 aromatic rings. The molecule has 0 amide bonds. The third-order valence-electron chi connectivity index (χ3n) is 10.6. The highest BCUT2D eigenvalue weighted by molar-refractivity contribution is 6.01. The largest absolute Gasteiger partial charge is 0.486 e. The summed E-state index contributed by atoms with van der Waals surface area (Å²) in [7, 11) is 0. The number of nitrogens with two attached hydrogens (primary N) is 1. The number of anilines is 1. The van der Waals surface area contributed by atoms with Crippen molar-refractivity contribution in [3.63, 3.8) is 0 Å². The average Bonchev–Trinajstić information content (AvgIpc) is 3.39. The van der Waals surface area contributed by atoms with E-state index >= 15 is 8.78 Å². The number of Topliss-reactive ketones (excluding diaryl/α,β-unsaturated/α-hetero) is 1. The van der Waals surface area contributed by atoms with Gasteiger partial charge in [-0.1, -0.05) is 26.3 Å². The van der Waals surface area contributed by atoms with Crippen LogP contribution in [0, 0.1) is 22.7 Å². The lowest BCUT2D eigenvalue weighted by Gasteiger charge is -2.63. The van der Waals surface area contributed by atoms with E-state index in [1.165, 1.54) is 18.2 Å². The third kappa shape index (κ3) is 3.50. The Balaban J connectivity index is 1.39. The maximum atomic E-state index is 17.5. The molecule has 0 bridgehead atoms. The van der Waals surface area contributed by atoms with Gasteiger partial charge in [-0.05, 0) is 80.5 Å². The van der Waals surface area contributed by atoms with Crippen molar-refractivity contribution < 1.29 is 37.7 Å². The van der Waals surface area contributed by atoms with Crippen LogP contribution in [0.5, 0.6) is 5.75 Å². The van der Waals surface area contributed by atoms with Crippen molar-refractivity contribution in [2.45, 2.75) is 88.8 Å². The van der Waals surface area contributed by atoms with Crippen LogP contribution in [0.15, 0.2) is 48.1 Å². The molecule has 40 heavy (non-hydrogen) atoms. The zero-order valence-electron chi connectivity index (χ0n) is 23.1. The summed E-state index contributed by atoms with van der Waals surface area (Å²) in [6.45, 7) is 5.09. The van der Waals surface area contributed by atoms with Crippen molar-refractivity contribution in [1.82, 2.24) is 0 Å². The van der Waals surface area contributed by atoms with Gasteiger partial charge in [-0.2, -0.15) is 0 Å². The summed E-state index contributed by atoms with van der Waals surface area (Å²) in [6.07, 6.45) is 0.779. The molecule has 216 valence electrons. The molecule has 4 fully saturated rings. The summed E-state index contributed by atoms with van der Waals surface area (Å²) >= 11 is 0. The maximum Gasteiger partial charge on any atom is 0.205 e. The Labute approximate surface area is 232 Å². The van der Waals surface area contributed by atoms with Gasteiger partial charge in [0.2, 0.25) is 5.78 Å². The number of ether oxygens (including phenoxy) is 3. The first-order chi connectivity index (χ1) is 18.9. The number of hydrogen-bond acceptors (Lipinski definition) is 7. The first-order valence-corrected chi connectivity index (χ1v) is 14.2. The lowest BCUT2D eigenvalue weighted by atomic mass is 9.44. The first kappa shape index (κ1) is 27.5. The number of carbonyl (C=O) groups excluding carboxylic acids is 2. The van der Waals surface area contributed by atoms with Gasteiger partial charge in [-0.3, -0.25) is 9.59 Å². The van der Waals surface area contributed by atoms with Crippen LogP contribution in [-0.4, -0.2) is 59.2 Å². The van der Waals surface area contributed by atoms with Gasteiger partial charge >= 0.3 is 0 Å². The predicted octanol–water partition coefficient (Wildman–Crippen LogP) is 4.43. The second kappa shape index (κ2) is 9.19. The number of allylic oxidation sites excluding steroid dienone is 4. The van der Waals surface area contributed by atoms with E-state index in [1.807, 2.05) is 13.8 Å². The van der Waals surface area contributed by atoms with Crippen LogP contribution in [0.4, 0.5) is 14.5 Å². The molecule has 4 aliphatic carbocycles. The van der Waals surface area contributed by atoms with Gasteiger partial charge in [0, 0.05) is 22.4 Å². The molecular weight excluding hydrogens is 520 g/mol. The second-order valence-corrected chi connectivity index (χ2v) is 12.6. The second-order valence-electron chi connectivity index (χ2n) is 12.6. The van der Waals surface area contributed by atoms with Gasteiger partial charge < -0.3 is 25.1 Å². The number of carbonyl (C=O) groups is 2. The number of alkyl halides is 2. The number of ketones is 2. The molecule has 3 N–H and O–H groups in total. The quantitative estimate of drug-likeness (QED) is 0.499. The minimum absolute atomic E-state index is 0.0674. The number of halogens is 2. The zero-order valence-corrected chi connectivity index (χ0v) is 23.1. The SMILES string of the molecule is CCCC1O[C@@H]2CC3[C@@H]4C[C@H](F)C5=CC(=O)C=C[C@]5(C)[C@@]4(F)[C@@H](O)C[C@]3(C)[C@]2(C(=O)COc2ccc(N)cc2)O1. The van der Waals surface area contributed by atoms with Crippen molar-refractivity contribution in [2.75, 3.05) is 12.3 Å². The average molecular weight is 558 g/mol. The molecule has 1 saturated heterocycles. The molecule has 5 aliphatic rings. The van der Waals surface area contributed by atoms with E-state index in [4.69, 9.17) is 19.9 Å². The van der Waals surface area contributed by atoms with Crippen LogP contribution in [0.2, 0.25) is 0 Å². The molecule has 0 radical (unpaired) electrons. The summed E-state index contributed by atoms with van der Waals surface area (Å²) in [5, 5.41) is 11.7. The standard InChI is InChI=1S/C31H37F2NO6/c1-4-5-27-39-26-14-20-21-13-23(32)22-12-18(35)10-11-28(22,2)30(21,33)24(36)15-29(20,3)31(26,40-27)25(37)16-38-19-8-6-17(34)7-9-19/h6-12,20-21,23-24,26-27,36H,4-5,13-16,34H2,1-3H3/t20?,21-,23-,24-,26+,27?,28-,29-,30-,31+/m0/s1. The fourth-order valence-electron chi connectivity index (χ4n) is 8.71. The minimum atomic E-state index is -2.24. The number of fused-ring (bicyclic) bond motifs is 7. The van der Waals surface area contributed by atoms with E-state index in [9.17, 15) is 14.7 Å². The number of rotatable bonds is 6. The number of nitrogen functional groups attached to an aromatic ring is 1. The lowest BCUT2D eigenvalue weighted by molar-refractivity contribution is -0.234. The van der Waals surface area contributed by atoms with Crippen LogP contribution in [0.3, 0.4) is 0 Å². The van der Waals surface area contributed by atoms with Gasteiger partial charge in [-0.25, -0.2) is 8.78 Å². The summed E-state index contributed by atoms with van der Waals surface area (Å²) < 4.78 is 52.0. The van der Waals surface area contributed by atoms with Gasteiger partial charge in [0.15, 0.2) is 23.3 Å². The summed E-state index contributed by atoms with van der Waals surface area (Å²) in [6, 6.07) is 6.68. The summed E-state index contributed by atoms with van der Waals surface area (Å²) in [5.74, 6) is -1.72. The Morgan fingerprint density at radius 3 is 2.62 bits per heavy atom. The van der Waals surface area contributed by atoms with Gasteiger partial charge in [0.1, 0.15) is 18.5 Å². The Hall–Kier alpha value is -2.62. The van der Waals surface area contributed by atoms with Gasteiger partial charge in [-0.15, -0.1) is 0 Å². The molecule has 6 rings (SSSR count). The lowest BCUT2D eigenvalue weighted by Crippen LogP contribution is -2.71. The third-order valence-corrected chi connectivity index (χ3v) is 10.6. The maximum absolute atomic E-state index is 17.5. The van der Waals surface area contributed by atoms with Crippen LogP contribution < -0.4 is 10.5 Å². The van der Waals surface area contributed by atoms with Crippen molar-refractivity contribution in [2.24, 2.45) is 22.7 Å². The zero-order chi connectivity index (χ0) is 28.7. The van der Waals surface area contributed by atoms with Crippen molar-refractivity contribution >= 4 is 17.3 Å². The summed E-state index contributed by atoms with van der Waals surface area (Å²) in [5.41, 5.74) is 0.117. The molecule has 7 nitrogen and oxygen atoms in total. The van der Waals surface area contributed by atoms with E-state index in [1.54, 1.807) is 31.2 Å². The molecule has 1 heterocycles. The fourth-order valence-corrected chi connectivity index (χ4v) is 8.71. The molecule has 2 unspecified atom stereocenters. The number of benzene rings is 1. The molecule has 3 saturated carbocycles. The number of aliphatic hydroxyl groups is 1. The van der Waals surface area contributed by atoms with Crippen LogP contribution in [0.1, 0.15) is 52.9 Å². The Bertz CT molecular complexity index is 1280. The Morgan fingerprint density at radius 2 is 1.93 bits per heavy atom. The van der Waals surface area contributed by atoms with Crippen molar-refractivity contribution in [3.8, 4) is 5.75 Å². The first-order valence-electron chi connectivity index (χ1n) is 14.2. The smallest absolute Gasteiger partial charge is 0.205 e. The Kier molecular flexibility index (Phi) is 6.33. The summed E-state index contributed by atoms with van der Waals surface area (Å²) in [4.78, 5) is 26.3. The van der Waals surface area contributed by atoms with Crippen LogP contribution >= 0.6 is 0 Å². The minimum Gasteiger partial charge on any atom is -0.486 e. The highest BCUT2D eigenvalue weighted by atomic mass is 19.1. The predicted molar refractivity (Wildman–Crippen MR) is 143 cm³/mol. The Morgan fingerprint density at radius 1 is 1.20 bits per heavy atom. The molecular formula is C31H37F2NO6. The van der Waals surface area contributed by atoms with Gasteiger partial charge in [0.05, 0.1) is 12.2 Å². The molecule has 0 aromatic heterocycles. The molecule has 9 heteroatoms. The van der Waals surface area contributed by atoms with E-state index in [0.717, 1.165) is 6.42 Å². The van der Waals surface area contributed by atoms with Gasteiger partial charge in [0.25, 0.3) is 0 Å². The van der Waals surface area contributed by atoms with Crippen LogP contribution in [0.25, 0.3) is 0 Å². The van der Waals surface area contributed by atoms with E-state index in [0.29, 0.717) is 17.9 Å². The monoisotopic (exact) mass is 557 g/mol. The van der Waals surface area contributed by atoms with Crippen LogP contribution in [-0.2, 0) is 19.1 Å². The highest BCUT2D eigenvalue weighted by Gasteiger charge is 2.80. The highest BCUT2D eigenvalue weighted by Crippen LogP contribution is 2.72. The fraction of sp³-hybridized carbons (Fsp3) is 0.613. The van der Waals surface area contributed by atoms with E-state index in [2.05, 4.69) is 0 Å². The molecule has 1 aliphatic heterocycles. The van der Waals surface area contributed by atoms with E-state index in [-0.39, 0.29) is 37.2 Å². The normalized spacial score (nSPS) is 45.2. The number of hydrogen-bond donors (Lipinski definition) is 2. The molecule has 0 spiro atoms. The topological polar surface area (TPSA) is 108 Å². The van der Waals surface area contributed by atoms with E-state index < -0.39 is 64.4 Å².